The third kappa shape index (κ3) is 4.72. The van der Waals surface area contributed by atoms with Gasteiger partial charge in [-0.05, 0) is 43.7 Å². The van der Waals surface area contributed by atoms with Crippen LogP contribution in [-0.2, 0) is 6.54 Å². The normalized spacial score (nSPS) is 14.5. The zero-order valence-electron chi connectivity index (χ0n) is 19.4. The lowest BCUT2D eigenvalue weighted by Gasteiger charge is -2.34. The summed E-state index contributed by atoms with van der Waals surface area (Å²) in [6.45, 7) is 4.72. The van der Waals surface area contributed by atoms with Crippen molar-refractivity contribution in [1.82, 2.24) is 23.8 Å². The van der Waals surface area contributed by atoms with Gasteiger partial charge in [0.25, 0.3) is 5.56 Å². The van der Waals surface area contributed by atoms with Gasteiger partial charge >= 0.3 is 5.69 Å². The van der Waals surface area contributed by atoms with E-state index >= 15 is 0 Å². The molecule has 0 atom stereocenters. The monoisotopic (exact) mass is 474 g/mol. The molecule has 5 rings (SSSR count). The van der Waals surface area contributed by atoms with Gasteiger partial charge in [0.15, 0.2) is 0 Å². The van der Waals surface area contributed by atoms with Gasteiger partial charge in [-0.25, -0.2) is 19.2 Å². The Balaban J connectivity index is 1.28. The first-order valence-electron chi connectivity index (χ1n) is 11.9. The topological polar surface area (TPSA) is 75.7 Å². The Labute approximate surface area is 201 Å². The van der Waals surface area contributed by atoms with Crippen LogP contribution < -0.4 is 16.1 Å². The molecular weight excluding hydrogens is 447 g/mol. The molecule has 0 aliphatic carbocycles. The SMILES string of the molecule is O=c1c(-c2ccccc2F)c2ccccn2c(=O)n1CCCCN1CCN(c2ncccn2)CC1. The molecule has 0 spiro atoms. The summed E-state index contributed by atoms with van der Waals surface area (Å²) < 4.78 is 17.3. The van der Waals surface area contributed by atoms with Crippen LogP contribution in [0.25, 0.3) is 16.6 Å². The van der Waals surface area contributed by atoms with Crippen LogP contribution in [-0.4, -0.2) is 56.6 Å². The molecule has 3 aromatic heterocycles. The molecule has 1 aliphatic rings. The summed E-state index contributed by atoms with van der Waals surface area (Å²) in [4.78, 5) is 39.7. The van der Waals surface area contributed by atoms with E-state index in [-0.39, 0.29) is 17.7 Å². The fourth-order valence-corrected chi connectivity index (χ4v) is 4.62. The van der Waals surface area contributed by atoms with Crippen molar-refractivity contribution in [2.24, 2.45) is 0 Å². The number of halogens is 1. The molecule has 1 aliphatic heterocycles. The highest BCUT2D eigenvalue weighted by molar-refractivity contribution is 5.79. The van der Waals surface area contributed by atoms with E-state index in [2.05, 4.69) is 19.8 Å². The van der Waals surface area contributed by atoms with Gasteiger partial charge in [-0.2, -0.15) is 0 Å². The Morgan fingerprint density at radius 3 is 2.31 bits per heavy atom. The highest BCUT2D eigenvalue weighted by atomic mass is 19.1. The van der Waals surface area contributed by atoms with Crippen LogP contribution >= 0.6 is 0 Å². The lowest BCUT2D eigenvalue weighted by atomic mass is 10.1. The zero-order valence-corrected chi connectivity index (χ0v) is 19.4. The minimum atomic E-state index is -0.486. The van der Waals surface area contributed by atoms with Gasteiger partial charge < -0.3 is 4.90 Å². The van der Waals surface area contributed by atoms with Crippen LogP contribution in [0.1, 0.15) is 12.8 Å². The van der Waals surface area contributed by atoms with Gasteiger partial charge in [0, 0.05) is 56.9 Å². The van der Waals surface area contributed by atoms with Crippen molar-refractivity contribution < 1.29 is 4.39 Å². The number of nitrogens with zero attached hydrogens (tertiary/aromatic N) is 6. The van der Waals surface area contributed by atoms with Crippen molar-refractivity contribution in [1.29, 1.82) is 0 Å². The average Bonchev–Trinajstić information content (AvgIpc) is 2.90. The second-order valence-electron chi connectivity index (χ2n) is 8.63. The molecule has 0 N–H and O–H groups in total. The van der Waals surface area contributed by atoms with Gasteiger partial charge in [-0.1, -0.05) is 24.3 Å². The first-order valence-corrected chi connectivity index (χ1v) is 11.9. The number of fused-ring (bicyclic) bond motifs is 1. The molecule has 1 aromatic carbocycles. The first kappa shape index (κ1) is 22.9. The Morgan fingerprint density at radius 2 is 1.54 bits per heavy atom. The van der Waals surface area contributed by atoms with Gasteiger partial charge in [0.05, 0.1) is 11.1 Å². The number of piperazine rings is 1. The largest absolute Gasteiger partial charge is 0.338 e. The molecule has 0 unspecified atom stereocenters. The summed E-state index contributed by atoms with van der Waals surface area (Å²) in [5.41, 5.74) is -0.0353. The van der Waals surface area contributed by atoms with E-state index in [1.54, 1.807) is 55.0 Å². The summed E-state index contributed by atoms with van der Waals surface area (Å²) in [5.74, 6) is 0.273. The van der Waals surface area contributed by atoms with Gasteiger partial charge in [0.1, 0.15) is 5.82 Å². The molecule has 0 bridgehead atoms. The number of aromatic nitrogens is 4. The van der Waals surface area contributed by atoms with Crippen molar-refractivity contribution in [2.45, 2.75) is 19.4 Å². The number of hydrogen-bond acceptors (Lipinski definition) is 6. The summed E-state index contributed by atoms with van der Waals surface area (Å²) in [7, 11) is 0. The summed E-state index contributed by atoms with van der Waals surface area (Å²) in [6.07, 6.45) is 6.65. The van der Waals surface area contributed by atoms with Crippen LogP contribution in [0.15, 0.2) is 76.7 Å². The molecule has 4 aromatic rings. The molecular formula is C26H27FN6O2. The van der Waals surface area contributed by atoms with E-state index in [9.17, 15) is 14.0 Å². The molecule has 0 radical (unpaired) electrons. The first-order chi connectivity index (χ1) is 17.1. The van der Waals surface area contributed by atoms with Crippen molar-refractivity contribution in [3.05, 3.63) is 93.8 Å². The number of anilines is 1. The Bertz CT molecular complexity index is 1430. The lowest BCUT2D eigenvalue weighted by molar-refractivity contribution is 0.250. The van der Waals surface area contributed by atoms with Crippen molar-refractivity contribution in [3.8, 4) is 11.1 Å². The third-order valence-corrected chi connectivity index (χ3v) is 6.47. The van der Waals surface area contributed by atoms with E-state index in [0.29, 0.717) is 11.9 Å². The van der Waals surface area contributed by atoms with E-state index in [0.717, 1.165) is 45.1 Å². The number of unbranched alkanes of at least 4 members (excludes halogenated alkanes) is 1. The van der Waals surface area contributed by atoms with Crippen LogP contribution in [0.2, 0.25) is 0 Å². The van der Waals surface area contributed by atoms with Gasteiger partial charge in [0.2, 0.25) is 5.95 Å². The van der Waals surface area contributed by atoms with Gasteiger partial charge in [-0.3, -0.25) is 18.7 Å². The maximum Gasteiger partial charge on any atom is 0.335 e. The summed E-state index contributed by atoms with van der Waals surface area (Å²) in [5, 5.41) is 0. The van der Waals surface area contributed by atoms with Crippen LogP contribution in [0.3, 0.4) is 0 Å². The Morgan fingerprint density at radius 1 is 0.829 bits per heavy atom. The van der Waals surface area contributed by atoms with E-state index in [1.165, 1.54) is 15.0 Å². The van der Waals surface area contributed by atoms with Crippen LogP contribution in [0.5, 0.6) is 0 Å². The van der Waals surface area contributed by atoms with Crippen molar-refractivity contribution in [3.63, 3.8) is 0 Å². The molecule has 0 saturated carbocycles. The standard InChI is InChI=1S/C26H27FN6O2/c27-21-9-2-1-8-20(21)23-22-10-3-4-14-32(22)26(35)33(24(23)34)15-6-5-13-30-16-18-31(19-17-30)25-28-11-7-12-29-25/h1-4,7-12,14H,5-6,13,15-19H2. The minimum absolute atomic E-state index is 0.204. The van der Waals surface area contributed by atoms with Crippen LogP contribution in [0.4, 0.5) is 10.3 Å². The van der Waals surface area contributed by atoms with Crippen molar-refractivity contribution >= 4 is 11.5 Å². The second-order valence-corrected chi connectivity index (χ2v) is 8.63. The molecule has 4 heterocycles. The Hall–Kier alpha value is -3.85. The maximum absolute atomic E-state index is 14.6. The summed E-state index contributed by atoms with van der Waals surface area (Å²) >= 11 is 0. The molecule has 9 heteroatoms. The Kier molecular flexibility index (Phi) is 6.67. The maximum atomic E-state index is 14.6. The molecule has 0 amide bonds. The van der Waals surface area contributed by atoms with Crippen molar-refractivity contribution in [2.75, 3.05) is 37.6 Å². The fraction of sp³-hybridized carbons (Fsp3) is 0.308. The van der Waals surface area contributed by atoms with E-state index in [4.69, 9.17) is 0 Å². The summed E-state index contributed by atoms with van der Waals surface area (Å²) in [6, 6.07) is 13.1. The van der Waals surface area contributed by atoms with E-state index in [1.807, 2.05) is 6.07 Å². The van der Waals surface area contributed by atoms with Crippen LogP contribution in [0, 0.1) is 5.82 Å². The van der Waals surface area contributed by atoms with Gasteiger partial charge in [-0.15, -0.1) is 0 Å². The molecule has 8 nitrogen and oxygen atoms in total. The number of hydrogen-bond donors (Lipinski definition) is 0. The average molecular weight is 475 g/mol. The van der Waals surface area contributed by atoms with E-state index < -0.39 is 17.1 Å². The molecule has 1 saturated heterocycles. The molecule has 35 heavy (non-hydrogen) atoms. The minimum Gasteiger partial charge on any atom is -0.338 e. The predicted molar refractivity (Wildman–Crippen MR) is 133 cm³/mol. The fourth-order valence-electron chi connectivity index (χ4n) is 4.62. The third-order valence-electron chi connectivity index (χ3n) is 6.47. The zero-order chi connectivity index (χ0) is 24.2. The second kappa shape index (κ2) is 10.2. The number of benzene rings is 1. The highest BCUT2D eigenvalue weighted by Crippen LogP contribution is 2.23. The number of rotatable bonds is 7. The molecule has 1 fully saturated rings. The lowest BCUT2D eigenvalue weighted by Crippen LogP contribution is -2.47. The number of pyridine rings is 1. The quantitative estimate of drug-likeness (QED) is 0.384. The molecule has 180 valence electrons. The highest BCUT2D eigenvalue weighted by Gasteiger charge is 2.20. The smallest absolute Gasteiger partial charge is 0.335 e. The predicted octanol–water partition coefficient (Wildman–Crippen LogP) is 2.66.